The predicted octanol–water partition coefficient (Wildman–Crippen LogP) is 4.96. The Morgan fingerprint density at radius 2 is 1.89 bits per heavy atom. The molecule has 0 amide bonds. The van der Waals surface area contributed by atoms with E-state index in [-0.39, 0.29) is 5.97 Å². The third-order valence-electron chi connectivity index (χ3n) is 2.50. The summed E-state index contributed by atoms with van der Waals surface area (Å²) in [5, 5.41) is 0. The van der Waals surface area contributed by atoms with Crippen LogP contribution < -0.4 is 0 Å². The number of hydrogen-bond acceptors (Lipinski definition) is 2. The van der Waals surface area contributed by atoms with E-state index in [4.69, 9.17) is 38.0 Å². The van der Waals surface area contributed by atoms with Crippen LogP contribution in [-0.2, 0) is 9.53 Å². The molecule has 0 heterocycles. The molecule has 0 spiro atoms. The highest BCUT2D eigenvalue weighted by atomic mass is 35.8. The molecule has 0 saturated heterocycles. The van der Waals surface area contributed by atoms with Crippen molar-refractivity contribution < 1.29 is 9.53 Å². The Morgan fingerprint density at radius 1 is 1.28 bits per heavy atom. The molecule has 0 bridgehead atoms. The molecule has 0 aromatic heterocycles. The predicted molar refractivity (Wildman–Crippen MR) is 81.5 cm³/mol. The van der Waals surface area contributed by atoms with E-state index in [2.05, 4.69) is 13.5 Å². The number of carbonyl (C=O) groups is 1. The average Bonchev–Trinajstić information content (AvgIpc) is 2.19. The highest BCUT2D eigenvalue weighted by Gasteiger charge is 2.27. The van der Waals surface area contributed by atoms with Gasteiger partial charge in [-0.25, -0.2) is 4.79 Å². The summed E-state index contributed by atoms with van der Waals surface area (Å²) in [4.78, 5) is 11.1. The van der Waals surface area contributed by atoms with Crippen LogP contribution in [0.3, 0.4) is 0 Å². The van der Waals surface area contributed by atoms with Crippen molar-refractivity contribution >= 4 is 45.2 Å². The first-order valence-electron chi connectivity index (χ1n) is 6.11. The zero-order chi connectivity index (χ0) is 14.2. The van der Waals surface area contributed by atoms with Crippen molar-refractivity contribution in [1.29, 1.82) is 0 Å². The van der Waals surface area contributed by atoms with Crippen molar-refractivity contribution in [2.24, 2.45) is 5.92 Å². The lowest BCUT2D eigenvalue weighted by Crippen LogP contribution is -2.14. The van der Waals surface area contributed by atoms with Gasteiger partial charge >= 0.3 is 12.0 Å². The first kappa shape index (κ1) is 18.3. The second-order valence-electron chi connectivity index (χ2n) is 4.69. The van der Waals surface area contributed by atoms with Crippen LogP contribution in [0.2, 0.25) is 6.04 Å². The summed E-state index contributed by atoms with van der Waals surface area (Å²) in [5.41, 5.74) is 0.441. The van der Waals surface area contributed by atoms with Crippen LogP contribution in [0.1, 0.15) is 39.5 Å². The molecule has 0 aliphatic carbocycles. The van der Waals surface area contributed by atoms with Gasteiger partial charge in [-0.2, -0.15) is 0 Å². The van der Waals surface area contributed by atoms with E-state index in [1.807, 2.05) is 0 Å². The molecule has 0 aromatic carbocycles. The van der Waals surface area contributed by atoms with Gasteiger partial charge in [-0.15, -0.1) is 33.2 Å². The lowest BCUT2D eigenvalue weighted by atomic mass is 10.1. The molecule has 0 fully saturated rings. The summed E-state index contributed by atoms with van der Waals surface area (Å²) >= 11 is 17.6. The molecule has 1 atom stereocenters. The molecule has 0 saturated carbocycles. The monoisotopic (exact) mass is 330 g/mol. The van der Waals surface area contributed by atoms with E-state index in [0.717, 1.165) is 25.7 Å². The molecule has 1 unspecified atom stereocenters. The lowest BCUT2D eigenvalue weighted by Gasteiger charge is -2.14. The SMILES string of the molecule is C=C(C)C(=O)OCCCCCC(C)C[Si](Cl)(Cl)Cl. The molecule has 0 N–H and O–H groups in total. The van der Waals surface area contributed by atoms with E-state index in [9.17, 15) is 4.79 Å². The van der Waals surface area contributed by atoms with Crippen molar-refractivity contribution in [3.05, 3.63) is 12.2 Å². The Labute approximate surface area is 125 Å². The van der Waals surface area contributed by atoms with Gasteiger partial charge in [0.05, 0.1) is 6.61 Å². The first-order chi connectivity index (χ1) is 8.22. The zero-order valence-corrected chi connectivity index (χ0v) is 14.2. The molecule has 6 heteroatoms. The summed E-state index contributed by atoms with van der Waals surface area (Å²) in [7, 11) is 0. The maximum Gasteiger partial charge on any atom is 0.341 e. The van der Waals surface area contributed by atoms with Gasteiger partial charge in [-0.1, -0.05) is 32.8 Å². The molecular formula is C12H21Cl3O2Si. The van der Waals surface area contributed by atoms with E-state index in [1.54, 1.807) is 6.92 Å². The minimum atomic E-state index is -2.49. The summed E-state index contributed by atoms with van der Waals surface area (Å²) in [6.07, 6.45) is 4.02. The fourth-order valence-electron chi connectivity index (χ4n) is 1.56. The van der Waals surface area contributed by atoms with Crippen LogP contribution in [0.4, 0.5) is 0 Å². The van der Waals surface area contributed by atoms with Gasteiger partial charge in [-0.05, 0) is 25.3 Å². The molecular weight excluding hydrogens is 311 g/mol. The van der Waals surface area contributed by atoms with Crippen LogP contribution in [0.25, 0.3) is 0 Å². The van der Waals surface area contributed by atoms with Crippen molar-refractivity contribution in [2.75, 3.05) is 6.61 Å². The number of ether oxygens (including phenoxy) is 1. The molecule has 0 rings (SSSR count). The standard InChI is InChI=1S/C12H21Cl3O2Si/c1-10(2)12(16)17-8-6-4-5-7-11(3)9-18(13,14)15/h11H,1,4-9H2,2-3H3. The molecule has 0 radical (unpaired) electrons. The fraction of sp³-hybridized carbons (Fsp3) is 0.750. The molecule has 106 valence electrons. The van der Waals surface area contributed by atoms with Gasteiger partial charge in [0, 0.05) is 5.57 Å². The quantitative estimate of drug-likeness (QED) is 0.196. The number of esters is 1. The van der Waals surface area contributed by atoms with E-state index in [1.165, 1.54) is 0 Å². The van der Waals surface area contributed by atoms with E-state index in [0.29, 0.717) is 24.1 Å². The van der Waals surface area contributed by atoms with Crippen LogP contribution in [0.5, 0.6) is 0 Å². The second kappa shape index (κ2) is 9.24. The molecule has 18 heavy (non-hydrogen) atoms. The Kier molecular flexibility index (Phi) is 9.39. The third-order valence-corrected chi connectivity index (χ3v) is 5.05. The Morgan fingerprint density at radius 3 is 2.39 bits per heavy atom. The van der Waals surface area contributed by atoms with Crippen molar-refractivity contribution in [2.45, 2.75) is 45.6 Å². The third kappa shape index (κ3) is 11.4. The van der Waals surface area contributed by atoms with Gasteiger partial charge in [-0.3, -0.25) is 0 Å². The Balaban J connectivity index is 3.46. The van der Waals surface area contributed by atoms with Crippen LogP contribution in [0, 0.1) is 5.92 Å². The molecule has 0 aromatic rings. The smallest absolute Gasteiger partial charge is 0.341 e. The molecule has 2 nitrogen and oxygen atoms in total. The van der Waals surface area contributed by atoms with Crippen LogP contribution in [-0.4, -0.2) is 18.6 Å². The number of hydrogen-bond donors (Lipinski definition) is 0. The summed E-state index contributed by atoms with van der Waals surface area (Å²) in [5.74, 6) is 0.132. The van der Waals surface area contributed by atoms with E-state index >= 15 is 0 Å². The normalized spacial score (nSPS) is 13.2. The number of rotatable bonds is 9. The Hall–Kier alpha value is 0.297. The van der Waals surface area contributed by atoms with Crippen molar-refractivity contribution in [1.82, 2.24) is 0 Å². The maximum absolute atomic E-state index is 11.1. The zero-order valence-electron chi connectivity index (χ0n) is 11.0. The van der Waals surface area contributed by atoms with Crippen LogP contribution in [0.15, 0.2) is 12.2 Å². The molecule has 0 aliphatic rings. The minimum Gasteiger partial charge on any atom is -0.462 e. The first-order valence-corrected chi connectivity index (χ1v) is 11.4. The minimum absolute atomic E-state index is 0.314. The number of carbonyl (C=O) groups excluding carboxylic acids is 1. The van der Waals surface area contributed by atoms with E-state index < -0.39 is 6.00 Å². The van der Waals surface area contributed by atoms with Gasteiger partial charge in [0.2, 0.25) is 0 Å². The second-order valence-corrected chi connectivity index (χ2v) is 13.9. The Bertz CT molecular complexity index is 277. The fourth-order valence-corrected chi connectivity index (χ4v) is 4.92. The van der Waals surface area contributed by atoms with Gasteiger partial charge < -0.3 is 4.74 Å². The molecule has 0 aliphatic heterocycles. The van der Waals surface area contributed by atoms with Gasteiger partial charge in [0.15, 0.2) is 0 Å². The summed E-state index contributed by atoms with van der Waals surface area (Å²) in [6.45, 7) is 7.73. The topological polar surface area (TPSA) is 26.3 Å². The van der Waals surface area contributed by atoms with Gasteiger partial charge in [0.25, 0.3) is 0 Å². The summed E-state index contributed by atoms with van der Waals surface area (Å²) < 4.78 is 5.00. The highest BCUT2D eigenvalue weighted by Crippen LogP contribution is 2.31. The average molecular weight is 332 g/mol. The lowest BCUT2D eigenvalue weighted by molar-refractivity contribution is -0.139. The van der Waals surface area contributed by atoms with Crippen molar-refractivity contribution in [3.63, 3.8) is 0 Å². The number of unbranched alkanes of at least 4 members (excludes halogenated alkanes) is 2. The highest BCUT2D eigenvalue weighted by molar-refractivity contribution is 7.64. The maximum atomic E-state index is 11.1. The summed E-state index contributed by atoms with van der Waals surface area (Å²) in [6, 6.07) is -1.77. The van der Waals surface area contributed by atoms with Crippen molar-refractivity contribution in [3.8, 4) is 0 Å². The van der Waals surface area contributed by atoms with Crippen LogP contribution >= 0.6 is 33.2 Å². The largest absolute Gasteiger partial charge is 0.462 e. The number of halogens is 3. The van der Waals surface area contributed by atoms with Gasteiger partial charge in [0.1, 0.15) is 0 Å².